The highest BCUT2D eigenvalue weighted by Crippen LogP contribution is 2.04. The molecule has 0 radical (unpaired) electrons. The third-order valence-electron chi connectivity index (χ3n) is 2.39. The Morgan fingerprint density at radius 1 is 1.62 bits per heavy atom. The molecule has 0 bridgehead atoms. The van der Waals surface area contributed by atoms with Crippen molar-refractivity contribution in [3.8, 4) is 0 Å². The number of methoxy groups -OCH3 is 1. The predicted molar refractivity (Wildman–Crippen MR) is 63.7 cm³/mol. The van der Waals surface area contributed by atoms with Crippen molar-refractivity contribution >= 4 is 16.8 Å². The highest BCUT2D eigenvalue weighted by atomic mass is 32.2. The van der Waals surface area contributed by atoms with E-state index >= 15 is 0 Å². The molecule has 3 atom stereocenters. The number of nitrogens with one attached hydrogen (secondary N) is 1. The highest BCUT2D eigenvalue weighted by molar-refractivity contribution is 7.84. The first-order valence-corrected chi connectivity index (χ1v) is 6.77. The fourth-order valence-electron chi connectivity index (χ4n) is 1.10. The van der Waals surface area contributed by atoms with Crippen molar-refractivity contribution in [1.29, 1.82) is 0 Å². The van der Waals surface area contributed by atoms with Gasteiger partial charge in [-0.05, 0) is 19.9 Å². The third kappa shape index (κ3) is 5.58. The van der Waals surface area contributed by atoms with E-state index in [1.807, 2.05) is 6.92 Å². The third-order valence-corrected chi connectivity index (χ3v) is 3.76. The molecule has 0 aliphatic rings. The lowest BCUT2D eigenvalue weighted by atomic mass is 10.1. The van der Waals surface area contributed by atoms with E-state index in [-0.39, 0.29) is 11.8 Å². The van der Waals surface area contributed by atoms with E-state index < -0.39 is 22.4 Å². The Kier molecular flexibility index (Phi) is 6.78. The minimum absolute atomic E-state index is 0.107. The van der Waals surface area contributed by atoms with Crippen LogP contribution in [0.5, 0.6) is 0 Å². The molecule has 5 nitrogen and oxygen atoms in total. The van der Waals surface area contributed by atoms with Gasteiger partial charge >= 0.3 is 5.97 Å². The monoisotopic (exact) mass is 251 g/mol. The Hall–Kier alpha value is -0.460. The molecule has 0 aromatic carbocycles. The van der Waals surface area contributed by atoms with E-state index in [0.717, 1.165) is 6.42 Å². The quantitative estimate of drug-likeness (QED) is 0.478. The minimum atomic E-state index is -1.51. The number of rotatable bonds is 7. The van der Waals surface area contributed by atoms with E-state index in [0.29, 0.717) is 6.54 Å². The molecule has 3 unspecified atom stereocenters. The van der Waals surface area contributed by atoms with Crippen molar-refractivity contribution in [2.45, 2.75) is 31.1 Å². The summed E-state index contributed by atoms with van der Waals surface area (Å²) < 4.78 is 15.5. The molecule has 0 heterocycles. The molecule has 6 heteroatoms. The van der Waals surface area contributed by atoms with Crippen LogP contribution < -0.4 is 5.32 Å². The van der Waals surface area contributed by atoms with Gasteiger partial charge in [0.25, 0.3) is 0 Å². The largest absolute Gasteiger partial charge is 0.467 e. The summed E-state index contributed by atoms with van der Waals surface area (Å²) in [5, 5.41) is 12.7. The van der Waals surface area contributed by atoms with Gasteiger partial charge in [0.2, 0.25) is 0 Å². The summed E-state index contributed by atoms with van der Waals surface area (Å²) in [7, 11) is 0.396. The molecule has 0 fully saturated rings. The van der Waals surface area contributed by atoms with E-state index in [4.69, 9.17) is 0 Å². The number of hydrogen-bond donors (Lipinski definition) is 2. The predicted octanol–water partition coefficient (Wildman–Crippen LogP) is -0.343. The number of hydrogen-bond acceptors (Lipinski definition) is 5. The lowest BCUT2D eigenvalue weighted by Crippen LogP contribution is -2.46. The van der Waals surface area contributed by atoms with E-state index in [9.17, 15) is 14.1 Å². The van der Waals surface area contributed by atoms with Crippen molar-refractivity contribution in [1.82, 2.24) is 5.32 Å². The Morgan fingerprint density at radius 2 is 2.19 bits per heavy atom. The van der Waals surface area contributed by atoms with Crippen LogP contribution in [0.15, 0.2) is 0 Å². The van der Waals surface area contributed by atoms with E-state index in [1.54, 1.807) is 6.26 Å². The van der Waals surface area contributed by atoms with Crippen LogP contribution in [-0.2, 0) is 20.3 Å². The van der Waals surface area contributed by atoms with Gasteiger partial charge in [0.15, 0.2) is 5.60 Å². The molecular weight excluding hydrogens is 230 g/mol. The molecule has 96 valence electrons. The van der Waals surface area contributed by atoms with Crippen LogP contribution in [0.25, 0.3) is 0 Å². The van der Waals surface area contributed by atoms with Crippen molar-refractivity contribution in [3.05, 3.63) is 0 Å². The second kappa shape index (κ2) is 6.98. The van der Waals surface area contributed by atoms with Crippen LogP contribution in [0.3, 0.4) is 0 Å². The molecule has 0 amide bonds. The minimum Gasteiger partial charge on any atom is -0.467 e. The maximum Gasteiger partial charge on any atom is 0.338 e. The number of aliphatic hydroxyl groups is 1. The number of carbonyl (C=O) groups excluding carboxylic acids is 1. The molecule has 2 N–H and O–H groups in total. The average molecular weight is 251 g/mol. The SMILES string of the molecule is COC(=O)C(C)(O)CNCCC(C)S(C)=O. The first-order valence-electron chi connectivity index (χ1n) is 5.15. The first-order chi connectivity index (χ1) is 7.31. The summed E-state index contributed by atoms with van der Waals surface area (Å²) in [5.41, 5.74) is -1.51. The van der Waals surface area contributed by atoms with Crippen LogP contribution in [0, 0.1) is 0 Å². The fraction of sp³-hybridized carbons (Fsp3) is 0.900. The van der Waals surface area contributed by atoms with Gasteiger partial charge in [0, 0.05) is 28.9 Å². The van der Waals surface area contributed by atoms with E-state index in [1.165, 1.54) is 14.0 Å². The molecule has 0 saturated carbocycles. The Bertz CT molecular complexity index is 255. The van der Waals surface area contributed by atoms with Gasteiger partial charge in [0.05, 0.1) is 7.11 Å². The zero-order valence-corrected chi connectivity index (χ0v) is 11.1. The molecule has 16 heavy (non-hydrogen) atoms. The number of esters is 1. The van der Waals surface area contributed by atoms with Crippen molar-refractivity contribution in [2.75, 3.05) is 26.5 Å². The maximum absolute atomic E-state index is 11.1. The lowest BCUT2D eigenvalue weighted by Gasteiger charge is -2.20. The molecular formula is C10H21NO4S. The zero-order chi connectivity index (χ0) is 12.8. The van der Waals surface area contributed by atoms with Crippen LogP contribution in [0.2, 0.25) is 0 Å². The molecule has 0 spiro atoms. The summed E-state index contributed by atoms with van der Waals surface area (Å²) in [5.74, 6) is -0.660. The van der Waals surface area contributed by atoms with Crippen LogP contribution in [0.4, 0.5) is 0 Å². The van der Waals surface area contributed by atoms with Gasteiger partial charge in [-0.1, -0.05) is 6.92 Å². The Morgan fingerprint density at radius 3 is 2.62 bits per heavy atom. The zero-order valence-electron chi connectivity index (χ0n) is 10.3. The van der Waals surface area contributed by atoms with Crippen molar-refractivity contribution < 1.29 is 18.8 Å². The average Bonchev–Trinajstić information content (AvgIpc) is 2.22. The van der Waals surface area contributed by atoms with Gasteiger partial charge in [-0.3, -0.25) is 4.21 Å². The number of carbonyl (C=O) groups is 1. The van der Waals surface area contributed by atoms with Gasteiger partial charge < -0.3 is 15.2 Å². The molecule has 0 aliphatic carbocycles. The summed E-state index contributed by atoms with van der Waals surface area (Å²) in [6, 6.07) is 0. The van der Waals surface area contributed by atoms with Crippen molar-refractivity contribution in [3.63, 3.8) is 0 Å². The summed E-state index contributed by atoms with van der Waals surface area (Å²) >= 11 is 0. The van der Waals surface area contributed by atoms with E-state index in [2.05, 4.69) is 10.1 Å². The van der Waals surface area contributed by atoms with Crippen LogP contribution in [-0.4, -0.2) is 52.6 Å². The normalized spacial score (nSPS) is 18.6. The van der Waals surface area contributed by atoms with Gasteiger partial charge in [-0.2, -0.15) is 0 Å². The van der Waals surface area contributed by atoms with Crippen LogP contribution >= 0.6 is 0 Å². The topological polar surface area (TPSA) is 75.6 Å². The smallest absolute Gasteiger partial charge is 0.338 e. The molecule has 0 rings (SSSR count). The highest BCUT2D eigenvalue weighted by Gasteiger charge is 2.30. The molecule has 0 saturated heterocycles. The first kappa shape index (κ1) is 15.5. The molecule has 0 aromatic rings. The van der Waals surface area contributed by atoms with Gasteiger partial charge in [0.1, 0.15) is 0 Å². The number of ether oxygens (including phenoxy) is 1. The Labute approximate surface area is 99.0 Å². The Balaban J connectivity index is 3.82. The maximum atomic E-state index is 11.1. The fourth-order valence-corrected chi connectivity index (χ4v) is 1.54. The molecule has 0 aliphatic heterocycles. The summed E-state index contributed by atoms with van der Waals surface area (Å²) in [6.07, 6.45) is 2.40. The second-order valence-corrected chi connectivity index (χ2v) is 5.84. The molecule has 0 aromatic heterocycles. The van der Waals surface area contributed by atoms with Gasteiger partial charge in [-0.25, -0.2) is 4.79 Å². The van der Waals surface area contributed by atoms with Crippen LogP contribution in [0.1, 0.15) is 20.3 Å². The summed E-state index contributed by atoms with van der Waals surface area (Å²) in [4.78, 5) is 11.1. The summed E-state index contributed by atoms with van der Waals surface area (Å²) in [6.45, 7) is 4.03. The second-order valence-electron chi connectivity index (χ2n) is 4.04. The standard InChI is InChI=1S/C10H21NO4S/c1-8(16(4)14)5-6-11-7-10(2,13)9(12)15-3/h8,11,13H,5-7H2,1-4H3. The lowest BCUT2D eigenvalue weighted by molar-refractivity contribution is -0.159. The van der Waals surface area contributed by atoms with Gasteiger partial charge in [-0.15, -0.1) is 0 Å². The van der Waals surface area contributed by atoms with Crippen molar-refractivity contribution in [2.24, 2.45) is 0 Å².